The lowest BCUT2D eigenvalue weighted by Gasteiger charge is -2.21. The number of hydrogen-bond acceptors (Lipinski definition) is 2. The third kappa shape index (κ3) is 3.06. The Morgan fingerprint density at radius 2 is 1.79 bits per heavy atom. The maximum atomic E-state index is 12.9. The lowest BCUT2D eigenvalue weighted by Crippen LogP contribution is -2.11. The molecule has 2 aromatic rings. The maximum absolute atomic E-state index is 12.9. The lowest BCUT2D eigenvalue weighted by atomic mass is 10.1. The van der Waals surface area contributed by atoms with Crippen LogP contribution in [0.5, 0.6) is 0 Å². The van der Waals surface area contributed by atoms with Gasteiger partial charge in [0.1, 0.15) is 5.82 Å². The summed E-state index contributed by atoms with van der Waals surface area (Å²) in [6.07, 6.45) is 0. The zero-order valence-corrected chi connectivity index (χ0v) is 11.7. The van der Waals surface area contributed by atoms with Crippen LogP contribution < -0.4 is 10.6 Å². The van der Waals surface area contributed by atoms with Crippen LogP contribution in [0.2, 0.25) is 5.02 Å². The third-order valence-electron chi connectivity index (χ3n) is 3.07. The molecule has 0 amide bonds. The molecule has 2 N–H and O–H groups in total. The molecule has 2 rings (SSSR count). The highest BCUT2D eigenvalue weighted by atomic mass is 35.5. The van der Waals surface area contributed by atoms with E-state index in [1.54, 1.807) is 12.1 Å². The summed E-state index contributed by atoms with van der Waals surface area (Å²) in [5.41, 5.74) is 8.54. The molecule has 19 heavy (non-hydrogen) atoms. The fourth-order valence-corrected chi connectivity index (χ4v) is 2.20. The molecule has 1 atom stereocenters. The van der Waals surface area contributed by atoms with E-state index in [1.165, 1.54) is 12.1 Å². The first kappa shape index (κ1) is 13.8. The molecule has 0 saturated heterocycles. The molecule has 0 heterocycles. The van der Waals surface area contributed by atoms with Crippen molar-refractivity contribution in [2.24, 2.45) is 5.73 Å². The minimum absolute atomic E-state index is 0.0531. The lowest BCUT2D eigenvalue weighted by molar-refractivity contribution is 0.628. The Labute approximate surface area is 117 Å². The van der Waals surface area contributed by atoms with Crippen molar-refractivity contribution in [2.75, 3.05) is 11.9 Å². The first-order valence-electron chi connectivity index (χ1n) is 6.03. The van der Waals surface area contributed by atoms with E-state index in [1.807, 2.05) is 37.1 Å². The smallest absolute Gasteiger partial charge is 0.123 e. The third-order valence-corrected chi connectivity index (χ3v) is 3.38. The van der Waals surface area contributed by atoms with Gasteiger partial charge in [-0.1, -0.05) is 17.7 Å². The molecule has 0 fully saturated rings. The van der Waals surface area contributed by atoms with Crippen LogP contribution in [-0.4, -0.2) is 7.05 Å². The monoisotopic (exact) mass is 278 g/mol. The molecule has 0 radical (unpaired) electrons. The van der Waals surface area contributed by atoms with Crippen molar-refractivity contribution in [3.8, 4) is 0 Å². The SMILES string of the molecule is CC(N)c1ccc(N(C)c2ccc(F)cc2)c(Cl)c1. The van der Waals surface area contributed by atoms with Gasteiger partial charge in [0.05, 0.1) is 10.7 Å². The number of halogens is 2. The molecule has 0 saturated carbocycles. The molecule has 0 bridgehead atoms. The van der Waals surface area contributed by atoms with E-state index >= 15 is 0 Å². The standard InChI is InChI=1S/C15H16ClFN2/c1-10(18)11-3-8-15(14(16)9-11)19(2)13-6-4-12(17)5-7-13/h3-10H,18H2,1-2H3. The van der Waals surface area contributed by atoms with Crippen molar-refractivity contribution in [1.29, 1.82) is 0 Å². The molecule has 4 heteroatoms. The van der Waals surface area contributed by atoms with Crippen LogP contribution in [0.4, 0.5) is 15.8 Å². The van der Waals surface area contributed by atoms with Crippen LogP contribution in [0, 0.1) is 5.82 Å². The van der Waals surface area contributed by atoms with E-state index in [9.17, 15) is 4.39 Å². The normalized spacial score (nSPS) is 12.3. The van der Waals surface area contributed by atoms with Crippen LogP contribution in [0.15, 0.2) is 42.5 Å². The summed E-state index contributed by atoms with van der Waals surface area (Å²) in [7, 11) is 1.89. The second-order valence-corrected chi connectivity index (χ2v) is 4.94. The van der Waals surface area contributed by atoms with E-state index in [0.29, 0.717) is 5.02 Å². The first-order chi connectivity index (χ1) is 8.99. The Balaban J connectivity index is 2.33. The van der Waals surface area contributed by atoms with Crippen molar-refractivity contribution in [1.82, 2.24) is 0 Å². The number of benzene rings is 2. The zero-order chi connectivity index (χ0) is 14.0. The quantitative estimate of drug-likeness (QED) is 0.909. The summed E-state index contributed by atoms with van der Waals surface area (Å²) in [4.78, 5) is 1.91. The van der Waals surface area contributed by atoms with Gasteiger partial charge in [0, 0.05) is 18.8 Å². The Kier molecular flexibility index (Phi) is 4.08. The molecule has 0 aromatic heterocycles. The van der Waals surface area contributed by atoms with Gasteiger partial charge in [-0.05, 0) is 48.9 Å². The summed E-state index contributed by atoms with van der Waals surface area (Å²) in [5, 5.41) is 0.627. The molecule has 2 nitrogen and oxygen atoms in total. The summed E-state index contributed by atoms with van der Waals surface area (Å²) in [6.45, 7) is 1.91. The second-order valence-electron chi connectivity index (χ2n) is 4.53. The zero-order valence-electron chi connectivity index (χ0n) is 10.9. The summed E-state index contributed by atoms with van der Waals surface area (Å²) in [5.74, 6) is -0.254. The van der Waals surface area contributed by atoms with E-state index in [-0.39, 0.29) is 11.9 Å². The van der Waals surface area contributed by atoms with Crippen LogP contribution in [0.3, 0.4) is 0 Å². The number of rotatable bonds is 3. The Bertz CT molecular complexity index is 567. The minimum Gasteiger partial charge on any atom is -0.343 e. The number of nitrogens with zero attached hydrogens (tertiary/aromatic N) is 1. The average molecular weight is 279 g/mol. The van der Waals surface area contributed by atoms with Gasteiger partial charge in [-0.3, -0.25) is 0 Å². The van der Waals surface area contributed by atoms with Crippen LogP contribution in [0.25, 0.3) is 0 Å². The highest BCUT2D eigenvalue weighted by Gasteiger charge is 2.10. The molecule has 0 spiro atoms. The van der Waals surface area contributed by atoms with Gasteiger partial charge in [-0.15, -0.1) is 0 Å². The van der Waals surface area contributed by atoms with Gasteiger partial charge in [0.25, 0.3) is 0 Å². The minimum atomic E-state index is -0.254. The van der Waals surface area contributed by atoms with Gasteiger partial charge in [0.2, 0.25) is 0 Å². The number of hydrogen-bond donors (Lipinski definition) is 1. The Morgan fingerprint density at radius 3 is 2.32 bits per heavy atom. The van der Waals surface area contributed by atoms with Gasteiger partial charge >= 0.3 is 0 Å². The van der Waals surface area contributed by atoms with Crippen molar-refractivity contribution < 1.29 is 4.39 Å². The Hall–Kier alpha value is -1.58. The average Bonchev–Trinajstić information content (AvgIpc) is 2.38. The predicted octanol–water partition coefficient (Wildman–Crippen LogP) is 4.27. The number of anilines is 2. The van der Waals surface area contributed by atoms with E-state index < -0.39 is 0 Å². The topological polar surface area (TPSA) is 29.3 Å². The van der Waals surface area contributed by atoms with Crippen molar-refractivity contribution in [3.63, 3.8) is 0 Å². The first-order valence-corrected chi connectivity index (χ1v) is 6.41. The highest BCUT2D eigenvalue weighted by molar-refractivity contribution is 6.33. The molecule has 100 valence electrons. The highest BCUT2D eigenvalue weighted by Crippen LogP contribution is 2.32. The fourth-order valence-electron chi connectivity index (χ4n) is 1.88. The fraction of sp³-hybridized carbons (Fsp3) is 0.200. The van der Waals surface area contributed by atoms with Crippen LogP contribution >= 0.6 is 11.6 Å². The van der Waals surface area contributed by atoms with Crippen LogP contribution in [0.1, 0.15) is 18.5 Å². The largest absolute Gasteiger partial charge is 0.343 e. The van der Waals surface area contributed by atoms with Gasteiger partial charge in [-0.2, -0.15) is 0 Å². The molecule has 0 aliphatic rings. The number of nitrogens with two attached hydrogens (primary N) is 1. The molecule has 0 aliphatic heterocycles. The van der Waals surface area contributed by atoms with E-state index in [2.05, 4.69) is 0 Å². The molecule has 0 aliphatic carbocycles. The van der Waals surface area contributed by atoms with Crippen molar-refractivity contribution in [3.05, 3.63) is 58.9 Å². The predicted molar refractivity (Wildman–Crippen MR) is 78.5 cm³/mol. The van der Waals surface area contributed by atoms with Gasteiger partial charge < -0.3 is 10.6 Å². The summed E-state index contributed by atoms with van der Waals surface area (Å²) in [6, 6.07) is 12.0. The van der Waals surface area contributed by atoms with Crippen LogP contribution in [-0.2, 0) is 0 Å². The maximum Gasteiger partial charge on any atom is 0.123 e. The molecular weight excluding hydrogens is 263 g/mol. The van der Waals surface area contributed by atoms with Gasteiger partial charge in [-0.25, -0.2) is 4.39 Å². The van der Waals surface area contributed by atoms with E-state index in [4.69, 9.17) is 17.3 Å². The molecule has 2 aromatic carbocycles. The summed E-state index contributed by atoms with van der Waals surface area (Å²) >= 11 is 6.28. The van der Waals surface area contributed by atoms with Crippen molar-refractivity contribution >= 4 is 23.0 Å². The van der Waals surface area contributed by atoms with E-state index in [0.717, 1.165) is 16.9 Å². The summed E-state index contributed by atoms with van der Waals surface area (Å²) < 4.78 is 12.9. The molecular formula is C15H16ClFN2. The molecule has 1 unspecified atom stereocenters. The Morgan fingerprint density at radius 1 is 1.16 bits per heavy atom. The van der Waals surface area contributed by atoms with Crippen molar-refractivity contribution in [2.45, 2.75) is 13.0 Å². The van der Waals surface area contributed by atoms with Gasteiger partial charge in [0.15, 0.2) is 0 Å². The second kappa shape index (κ2) is 5.59.